The van der Waals surface area contributed by atoms with Gasteiger partial charge in [0, 0.05) is 17.2 Å². The van der Waals surface area contributed by atoms with E-state index >= 15 is 0 Å². The summed E-state index contributed by atoms with van der Waals surface area (Å²) in [4.78, 5) is 0. The molecule has 90 valence electrons. The Morgan fingerprint density at radius 2 is 1.83 bits per heavy atom. The first-order chi connectivity index (χ1) is 8.72. The second kappa shape index (κ2) is 5.33. The zero-order valence-corrected chi connectivity index (χ0v) is 9.49. The molecule has 0 saturated heterocycles. The molecular weight excluding hydrogens is 234 g/mol. The number of para-hydroxylation sites is 1. The van der Waals surface area contributed by atoms with E-state index in [1.54, 1.807) is 24.3 Å². The van der Waals surface area contributed by atoms with Crippen molar-refractivity contribution in [2.75, 3.05) is 6.61 Å². The van der Waals surface area contributed by atoms with Crippen LogP contribution in [0.25, 0.3) is 11.1 Å². The molecule has 3 heteroatoms. The third-order valence-corrected chi connectivity index (χ3v) is 2.42. The van der Waals surface area contributed by atoms with Crippen LogP contribution in [0, 0.1) is 24.0 Å². The molecule has 0 amide bonds. The van der Waals surface area contributed by atoms with Gasteiger partial charge in [-0.15, -0.1) is 6.42 Å². The average molecular weight is 244 g/mol. The highest BCUT2D eigenvalue weighted by atomic mass is 19.1. The standard InChI is InChI=1S/C15H10F2O/c1-2-9-18-15-6-4-3-5-13(15)12-8-7-11(16)10-14(12)17/h1,3-8,10H,9H2. The molecule has 0 atom stereocenters. The van der Waals surface area contributed by atoms with Crippen LogP contribution >= 0.6 is 0 Å². The van der Waals surface area contributed by atoms with Crippen LogP contribution in [0.2, 0.25) is 0 Å². The van der Waals surface area contributed by atoms with Crippen molar-refractivity contribution in [1.29, 1.82) is 0 Å². The molecule has 18 heavy (non-hydrogen) atoms. The molecule has 2 rings (SSSR count). The molecule has 0 fully saturated rings. The van der Waals surface area contributed by atoms with Gasteiger partial charge < -0.3 is 4.74 Å². The first-order valence-corrected chi connectivity index (χ1v) is 5.33. The summed E-state index contributed by atoms with van der Waals surface area (Å²) in [6.45, 7) is 0.0971. The summed E-state index contributed by atoms with van der Waals surface area (Å²) in [6.07, 6.45) is 5.12. The molecular formula is C15H10F2O. The highest BCUT2D eigenvalue weighted by Crippen LogP contribution is 2.31. The van der Waals surface area contributed by atoms with E-state index in [2.05, 4.69) is 5.92 Å². The Kier molecular flexibility index (Phi) is 3.59. The minimum atomic E-state index is -0.633. The molecule has 0 unspecified atom stereocenters. The van der Waals surface area contributed by atoms with Crippen molar-refractivity contribution in [3.8, 4) is 29.2 Å². The van der Waals surface area contributed by atoms with Crippen molar-refractivity contribution in [2.24, 2.45) is 0 Å². The van der Waals surface area contributed by atoms with Gasteiger partial charge in [-0.2, -0.15) is 0 Å². The molecule has 0 bridgehead atoms. The Hall–Kier alpha value is -2.34. The number of hydrogen-bond donors (Lipinski definition) is 0. The molecule has 0 heterocycles. The smallest absolute Gasteiger partial charge is 0.148 e. The predicted octanol–water partition coefficient (Wildman–Crippen LogP) is 3.64. The van der Waals surface area contributed by atoms with Crippen LogP contribution in [-0.2, 0) is 0 Å². The monoisotopic (exact) mass is 244 g/mol. The SMILES string of the molecule is C#CCOc1ccccc1-c1ccc(F)cc1F. The van der Waals surface area contributed by atoms with Crippen molar-refractivity contribution in [1.82, 2.24) is 0 Å². The van der Waals surface area contributed by atoms with Gasteiger partial charge in [-0.25, -0.2) is 8.78 Å². The van der Waals surface area contributed by atoms with Gasteiger partial charge in [0.15, 0.2) is 0 Å². The van der Waals surface area contributed by atoms with Gasteiger partial charge in [0.1, 0.15) is 24.0 Å². The molecule has 0 saturated carbocycles. The summed E-state index contributed by atoms with van der Waals surface area (Å²) in [6, 6.07) is 10.3. The third-order valence-electron chi connectivity index (χ3n) is 2.42. The summed E-state index contributed by atoms with van der Waals surface area (Å²) in [5, 5.41) is 0. The van der Waals surface area contributed by atoms with E-state index in [-0.39, 0.29) is 12.2 Å². The Labute approximate surface area is 104 Å². The summed E-state index contributed by atoms with van der Waals surface area (Å²) < 4.78 is 31.9. The Bertz CT molecular complexity index is 600. The van der Waals surface area contributed by atoms with Gasteiger partial charge >= 0.3 is 0 Å². The van der Waals surface area contributed by atoms with Crippen LogP contribution in [0.4, 0.5) is 8.78 Å². The Balaban J connectivity index is 2.47. The number of benzene rings is 2. The third kappa shape index (κ3) is 2.49. The van der Waals surface area contributed by atoms with E-state index in [4.69, 9.17) is 11.2 Å². The van der Waals surface area contributed by atoms with E-state index in [0.29, 0.717) is 11.3 Å². The molecule has 0 N–H and O–H groups in total. The van der Waals surface area contributed by atoms with Crippen molar-refractivity contribution >= 4 is 0 Å². The topological polar surface area (TPSA) is 9.23 Å². The quantitative estimate of drug-likeness (QED) is 0.749. The van der Waals surface area contributed by atoms with Crippen molar-refractivity contribution in [3.05, 3.63) is 54.1 Å². The highest BCUT2D eigenvalue weighted by molar-refractivity contribution is 5.70. The molecule has 0 aliphatic rings. The summed E-state index contributed by atoms with van der Waals surface area (Å²) in [7, 11) is 0. The number of hydrogen-bond acceptors (Lipinski definition) is 1. The largest absolute Gasteiger partial charge is 0.480 e. The Morgan fingerprint density at radius 3 is 2.56 bits per heavy atom. The number of ether oxygens (including phenoxy) is 1. The highest BCUT2D eigenvalue weighted by Gasteiger charge is 2.10. The fraction of sp³-hybridized carbons (Fsp3) is 0.0667. The van der Waals surface area contributed by atoms with Gasteiger partial charge in [-0.05, 0) is 18.2 Å². The molecule has 0 aromatic heterocycles. The number of rotatable bonds is 3. The van der Waals surface area contributed by atoms with Crippen molar-refractivity contribution in [3.63, 3.8) is 0 Å². The van der Waals surface area contributed by atoms with E-state index in [1.165, 1.54) is 12.1 Å². The normalized spacial score (nSPS) is 9.83. The fourth-order valence-electron chi connectivity index (χ4n) is 1.64. The van der Waals surface area contributed by atoms with Gasteiger partial charge in [0.2, 0.25) is 0 Å². The van der Waals surface area contributed by atoms with Gasteiger partial charge in [-0.3, -0.25) is 0 Å². The molecule has 2 aromatic carbocycles. The van der Waals surface area contributed by atoms with E-state index in [9.17, 15) is 8.78 Å². The zero-order valence-electron chi connectivity index (χ0n) is 9.49. The first-order valence-electron chi connectivity index (χ1n) is 5.33. The second-order valence-corrected chi connectivity index (χ2v) is 3.61. The number of halogens is 2. The van der Waals surface area contributed by atoms with Gasteiger partial charge in [0.05, 0.1) is 0 Å². The Morgan fingerprint density at radius 1 is 1.06 bits per heavy atom. The van der Waals surface area contributed by atoms with Crippen LogP contribution in [-0.4, -0.2) is 6.61 Å². The molecule has 2 aromatic rings. The maximum atomic E-state index is 13.7. The lowest BCUT2D eigenvalue weighted by molar-refractivity contribution is 0.371. The van der Waals surface area contributed by atoms with Gasteiger partial charge in [-0.1, -0.05) is 24.1 Å². The average Bonchev–Trinajstić information content (AvgIpc) is 2.37. The molecule has 1 nitrogen and oxygen atoms in total. The number of terminal acetylenes is 1. The van der Waals surface area contributed by atoms with E-state index in [0.717, 1.165) is 6.07 Å². The summed E-state index contributed by atoms with van der Waals surface area (Å²) in [5.74, 6) is 1.57. The van der Waals surface area contributed by atoms with Crippen LogP contribution in [0.1, 0.15) is 0 Å². The zero-order chi connectivity index (χ0) is 13.0. The first kappa shape index (κ1) is 12.1. The summed E-state index contributed by atoms with van der Waals surface area (Å²) in [5.41, 5.74) is 0.828. The summed E-state index contributed by atoms with van der Waals surface area (Å²) >= 11 is 0. The van der Waals surface area contributed by atoms with Crippen LogP contribution in [0.15, 0.2) is 42.5 Å². The molecule has 0 aliphatic carbocycles. The van der Waals surface area contributed by atoms with Crippen LogP contribution < -0.4 is 4.74 Å². The fourth-order valence-corrected chi connectivity index (χ4v) is 1.64. The van der Waals surface area contributed by atoms with E-state index in [1.807, 2.05) is 0 Å². The van der Waals surface area contributed by atoms with Crippen LogP contribution in [0.3, 0.4) is 0 Å². The lowest BCUT2D eigenvalue weighted by atomic mass is 10.0. The lowest BCUT2D eigenvalue weighted by Gasteiger charge is -2.10. The van der Waals surface area contributed by atoms with Gasteiger partial charge in [0.25, 0.3) is 0 Å². The second-order valence-electron chi connectivity index (χ2n) is 3.61. The molecule has 0 aliphatic heterocycles. The minimum Gasteiger partial charge on any atom is -0.480 e. The molecule has 0 spiro atoms. The maximum absolute atomic E-state index is 13.7. The van der Waals surface area contributed by atoms with Crippen LogP contribution in [0.5, 0.6) is 5.75 Å². The minimum absolute atomic E-state index is 0.0971. The maximum Gasteiger partial charge on any atom is 0.148 e. The van der Waals surface area contributed by atoms with E-state index < -0.39 is 11.6 Å². The molecule has 0 radical (unpaired) electrons. The van der Waals surface area contributed by atoms with Crippen molar-refractivity contribution < 1.29 is 13.5 Å². The van der Waals surface area contributed by atoms with Crippen molar-refractivity contribution in [2.45, 2.75) is 0 Å². The predicted molar refractivity (Wildman–Crippen MR) is 66.1 cm³/mol. The lowest BCUT2D eigenvalue weighted by Crippen LogP contribution is -1.96.